The van der Waals surface area contributed by atoms with E-state index < -0.39 is 0 Å². The number of hydrogen-bond donors (Lipinski definition) is 1. The van der Waals surface area contributed by atoms with Crippen molar-refractivity contribution in [3.05, 3.63) is 58.9 Å². The highest BCUT2D eigenvalue weighted by molar-refractivity contribution is 6.30. The molecule has 1 aliphatic heterocycles. The number of nitrogens with zero attached hydrogens (tertiary/aromatic N) is 1. The van der Waals surface area contributed by atoms with Crippen molar-refractivity contribution >= 4 is 17.6 Å². The van der Waals surface area contributed by atoms with Crippen LogP contribution in [0.15, 0.2) is 42.5 Å². The molecule has 1 heterocycles. The summed E-state index contributed by atoms with van der Waals surface area (Å²) >= 11 is 6.00. The van der Waals surface area contributed by atoms with Crippen LogP contribution in [0.25, 0.3) is 11.1 Å². The van der Waals surface area contributed by atoms with Crippen molar-refractivity contribution in [2.45, 2.75) is 25.8 Å². The normalized spacial score (nSPS) is 16.6. The lowest BCUT2D eigenvalue weighted by molar-refractivity contribution is -0.149. The molecular weight excluding hydrogens is 419 g/mol. The van der Waals surface area contributed by atoms with E-state index in [-0.39, 0.29) is 23.7 Å². The predicted molar refractivity (Wildman–Crippen MR) is 121 cm³/mol. The van der Waals surface area contributed by atoms with Crippen molar-refractivity contribution in [1.82, 2.24) is 4.90 Å². The second-order valence-electron chi connectivity index (χ2n) is 7.88. The molecule has 2 aromatic rings. The van der Waals surface area contributed by atoms with E-state index in [9.17, 15) is 9.18 Å². The maximum atomic E-state index is 14.1. The molecule has 2 aromatic carbocycles. The standard InChI is InChI=1S/C24H30ClFN2O3/c1-2-31-24(29)19(16-28-9-11-30-12-10-28)14-21(27)13-17-3-5-18(6-4-17)22-15-20(25)7-8-23(22)26/h3-8,15,19,21H,2,9-14,16,27H2,1H3/t19-,21+/m0/s1. The molecule has 31 heavy (non-hydrogen) atoms. The van der Waals surface area contributed by atoms with Crippen LogP contribution in [0.4, 0.5) is 4.39 Å². The second kappa shape index (κ2) is 11.6. The third kappa shape index (κ3) is 7.01. The molecule has 1 fully saturated rings. The van der Waals surface area contributed by atoms with Crippen molar-refractivity contribution in [3.63, 3.8) is 0 Å². The van der Waals surface area contributed by atoms with E-state index in [1.807, 2.05) is 31.2 Å². The summed E-state index contributed by atoms with van der Waals surface area (Å²) in [6, 6.07) is 11.9. The Morgan fingerprint density at radius 1 is 1.23 bits per heavy atom. The highest BCUT2D eigenvalue weighted by Crippen LogP contribution is 2.26. The topological polar surface area (TPSA) is 64.8 Å². The molecule has 7 heteroatoms. The van der Waals surface area contributed by atoms with Gasteiger partial charge in [-0.3, -0.25) is 9.69 Å². The number of esters is 1. The molecule has 2 N–H and O–H groups in total. The molecule has 0 aromatic heterocycles. The smallest absolute Gasteiger partial charge is 0.310 e. The number of nitrogens with two attached hydrogens (primary N) is 1. The van der Waals surface area contributed by atoms with Crippen LogP contribution >= 0.6 is 11.6 Å². The summed E-state index contributed by atoms with van der Waals surface area (Å²) in [6.45, 7) is 5.79. The van der Waals surface area contributed by atoms with Crippen LogP contribution in [-0.2, 0) is 20.7 Å². The van der Waals surface area contributed by atoms with Gasteiger partial charge in [-0.2, -0.15) is 0 Å². The van der Waals surface area contributed by atoms with Gasteiger partial charge >= 0.3 is 5.97 Å². The summed E-state index contributed by atoms with van der Waals surface area (Å²) in [5, 5.41) is 0.493. The van der Waals surface area contributed by atoms with Gasteiger partial charge in [0.25, 0.3) is 0 Å². The van der Waals surface area contributed by atoms with Crippen molar-refractivity contribution in [1.29, 1.82) is 0 Å². The minimum absolute atomic E-state index is 0.191. The fourth-order valence-corrected chi connectivity index (χ4v) is 4.06. The van der Waals surface area contributed by atoms with Gasteiger partial charge in [-0.15, -0.1) is 0 Å². The number of benzene rings is 2. The zero-order chi connectivity index (χ0) is 22.2. The summed E-state index contributed by atoms with van der Waals surface area (Å²) < 4.78 is 24.8. The monoisotopic (exact) mass is 448 g/mol. The molecule has 0 saturated carbocycles. The lowest BCUT2D eigenvalue weighted by atomic mass is 9.94. The van der Waals surface area contributed by atoms with Crippen LogP contribution in [0.2, 0.25) is 5.02 Å². The zero-order valence-corrected chi connectivity index (χ0v) is 18.6. The summed E-state index contributed by atoms with van der Waals surface area (Å²) in [6.07, 6.45) is 1.16. The van der Waals surface area contributed by atoms with E-state index in [4.69, 9.17) is 26.8 Å². The number of halogens is 2. The third-order valence-corrected chi connectivity index (χ3v) is 5.72. The molecule has 1 saturated heterocycles. The highest BCUT2D eigenvalue weighted by atomic mass is 35.5. The Kier molecular flexibility index (Phi) is 8.84. The van der Waals surface area contributed by atoms with Crippen LogP contribution in [0.1, 0.15) is 18.9 Å². The lowest BCUT2D eigenvalue weighted by Crippen LogP contribution is -2.43. The van der Waals surface area contributed by atoms with Crippen molar-refractivity contribution in [3.8, 4) is 11.1 Å². The van der Waals surface area contributed by atoms with Gasteiger partial charge in [0.05, 0.1) is 25.7 Å². The van der Waals surface area contributed by atoms with Crippen LogP contribution in [0, 0.1) is 11.7 Å². The van der Waals surface area contributed by atoms with E-state index in [1.54, 1.807) is 6.07 Å². The fraction of sp³-hybridized carbons (Fsp3) is 0.458. The van der Waals surface area contributed by atoms with Gasteiger partial charge in [-0.25, -0.2) is 4.39 Å². The average Bonchev–Trinajstić information content (AvgIpc) is 2.76. The van der Waals surface area contributed by atoms with E-state index in [0.29, 0.717) is 49.8 Å². The lowest BCUT2D eigenvalue weighted by Gasteiger charge is -2.30. The first-order valence-corrected chi connectivity index (χ1v) is 11.1. The van der Waals surface area contributed by atoms with Gasteiger partial charge in [-0.1, -0.05) is 35.9 Å². The Balaban J connectivity index is 1.62. The first-order valence-electron chi connectivity index (χ1n) is 10.7. The summed E-state index contributed by atoms with van der Waals surface area (Å²) in [4.78, 5) is 14.7. The number of morpholine rings is 1. The van der Waals surface area contributed by atoms with Crippen molar-refractivity contribution in [2.24, 2.45) is 11.7 Å². The second-order valence-corrected chi connectivity index (χ2v) is 8.32. The molecule has 168 valence electrons. The Morgan fingerprint density at radius 3 is 2.61 bits per heavy atom. The molecule has 0 aliphatic carbocycles. The molecule has 0 bridgehead atoms. The number of hydrogen-bond acceptors (Lipinski definition) is 5. The fourth-order valence-electron chi connectivity index (χ4n) is 3.89. The summed E-state index contributed by atoms with van der Waals surface area (Å²) in [5.74, 6) is -0.779. The minimum Gasteiger partial charge on any atom is -0.466 e. The maximum absolute atomic E-state index is 14.1. The molecular formula is C24H30ClFN2O3. The molecule has 0 spiro atoms. The molecule has 5 nitrogen and oxygen atoms in total. The first-order chi connectivity index (χ1) is 15.0. The van der Waals surface area contributed by atoms with E-state index in [2.05, 4.69) is 4.90 Å². The van der Waals surface area contributed by atoms with Crippen molar-refractivity contribution < 1.29 is 18.7 Å². The molecule has 3 rings (SSSR count). The van der Waals surface area contributed by atoms with Crippen LogP contribution < -0.4 is 5.73 Å². The Bertz CT molecular complexity index is 856. The number of ether oxygens (including phenoxy) is 2. The van der Waals surface area contributed by atoms with Crippen LogP contribution in [-0.4, -0.2) is 56.4 Å². The molecule has 2 atom stereocenters. The summed E-state index contributed by atoms with van der Waals surface area (Å²) in [5.41, 5.74) is 8.67. The quantitative estimate of drug-likeness (QED) is 0.589. The van der Waals surface area contributed by atoms with Crippen LogP contribution in [0.5, 0.6) is 0 Å². The molecule has 1 aliphatic rings. The zero-order valence-electron chi connectivity index (χ0n) is 17.9. The predicted octanol–water partition coefficient (Wildman–Crippen LogP) is 3.92. The van der Waals surface area contributed by atoms with E-state index in [1.165, 1.54) is 12.1 Å². The highest BCUT2D eigenvalue weighted by Gasteiger charge is 2.26. The average molecular weight is 449 g/mol. The maximum Gasteiger partial charge on any atom is 0.310 e. The van der Waals surface area contributed by atoms with Crippen LogP contribution in [0.3, 0.4) is 0 Å². The van der Waals surface area contributed by atoms with Crippen molar-refractivity contribution in [2.75, 3.05) is 39.5 Å². The Hall–Kier alpha value is -1.99. The van der Waals surface area contributed by atoms with Gasteiger partial charge in [0.15, 0.2) is 0 Å². The molecule has 0 amide bonds. The first kappa shape index (κ1) is 23.7. The SMILES string of the molecule is CCOC(=O)[C@@H](C[C@H](N)Cc1ccc(-c2cc(Cl)ccc2F)cc1)CN1CCOCC1. The Morgan fingerprint density at radius 2 is 1.94 bits per heavy atom. The van der Waals surface area contributed by atoms with Gasteiger partial charge in [0.1, 0.15) is 5.82 Å². The molecule has 0 unspecified atom stereocenters. The van der Waals surface area contributed by atoms with E-state index in [0.717, 1.165) is 24.2 Å². The van der Waals surface area contributed by atoms with Gasteiger partial charge in [0, 0.05) is 36.3 Å². The van der Waals surface area contributed by atoms with E-state index >= 15 is 0 Å². The number of carbonyl (C=O) groups is 1. The van der Waals surface area contributed by atoms with Gasteiger partial charge in [-0.05, 0) is 49.1 Å². The minimum atomic E-state index is -0.311. The molecule has 0 radical (unpaired) electrons. The van der Waals surface area contributed by atoms with Gasteiger partial charge < -0.3 is 15.2 Å². The number of rotatable bonds is 9. The third-order valence-electron chi connectivity index (χ3n) is 5.48. The Labute approximate surface area is 188 Å². The van der Waals surface area contributed by atoms with Gasteiger partial charge in [0.2, 0.25) is 0 Å². The summed E-state index contributed by atoms with van der Waals surface area (Å²) in [7, 11) is 0. The number of carbonyl (C=O) groups excluding carboxylic acids is 1. The largest absolute Gasteiger partial charge is 0.466 e.